The summed E-state index contributed by atoms with van der Waals surface area (Å²) in [4.78, 5) is 25.2. The van der Waals surface area contributed by atoms with Crippen LogP contribution in [0.3, 0.4) is 0 Å². The molecule has 2 amide bonds. The Labute approximate surface area is 188 Å². The Morgan fingerprint density at radius 3 is 2.25 bits per heavy atom. The van der Waals surface area contributed by atoms with Gasteiger partial charge in [0.05, 0.1) is 31.0 Å². The Morgan fingerprint density at radius 1 is 0.875 bits per heavy atom. The summed E-state index contributed by atoms with van der Waals surface area (Å²) in [5.74, 6) is 1.08. The summed E-state index contributed by atoms with van der Waals surface area (Å²) in [7, 11) is 1.61. The Hall–Kier alpha value is -3.80. The monoisotopic (exact) mass is 432 g/mol. The minimum Gasteiger partial charge on any atom is -0.497 e. The average Bonchev–Trinajstić information content (AvgIpc) is 2.83. The van der Waals surface area contributed by atoms with E-state index in [1.165, 1.54) is 0 Å². The van der Waals surface area contributed by atoms with Gasteiger partial charge in [0.2, 0.25) is 5.91 Å². The van der Waals surface area contributed by atoms with Crippen molar-refractivity contribution in [2.24, 2.45) is 0 Å². The highest BCUT2D eigenvalue weighted by Gasteiger charge is 2.16. The Morgan fingerprint density at radius 2 is 1.53 bits per heavy atom. The van der Waals surface area contributed by atoms with Crippen LogP contribution in [0.25, 0.3) is 0 Å². The number of para-hydroxylation sites is 1. The highest BCUT2D eigenvalue weighted by Crippen LogP contribution is 2.19. The van der Waals surface area contributed by atoms with Crippen molar-refractivity contribution in [3.8, 4) is 11.5 Å². The molecule has 3 aromatic carbocycles. The number of ether oxygens (including phenoxy) is 2. The summed E-state index contributed by atoms with van der Waals surface area (Å²) >= 11 is 0. The van der Waals surface area contributed by atoms with Gasteiger partial charge < -0.3 is 20.1 Å². The lowest BCUT2D eigenvalue weighted by Crippen LogP contribution is -2.28. The van der Waals surface area contributed by atoms with Gasteiger partial charge in [0.15, 0.2) is 0 Å². The number of nitrogens with one attached hydrogen (secondary N) is 2. The predicted molar refractivity (Wildman–Crippen MR) is 125 cm³/mol. The van der Waals surface area contributed by atoms with Crippen LogP contribution in [0.15, 0.2) is 78.9 Å². The number of amides is 2. The van der Waals surface area contributed by atoms with Crippen molar-refractivity contribution in [2.45, 2.75) is 25.8 Å². The first-order valence-corrected chi connectivity index (χ1v) is 10.6. The van der Waals surface area contributed by atoms with Crippen molar-refractivity contribution in [2.75, 3.05) is 19.0 Å². The third kappa shape index (κ3) is 6.60. The Bertz CT molecular complexity index is 1020. The van der Waals surface area contributed by atoms with Crippen LogP contribution in [0.5, 0.6) is 11.5 Å². The molecule has 2 N–H and O–H groups in total. The molecule has 0 unspecified atom stereocenters. The smallest absolute Gasteiger partial charge is 0.253 e. The molecular formula is C26H28N2O4. The first kappa shape index (κ1) is 22.9. The van der Waals surface area contributed by atoms with Gasteiger partial charge in [0, 0.05) is 6.42 Å². The van der Waals surface area contributed by atoms with E-state index in [9.17, 15) is 9.59 Å². The van der Waals surface area contributed by atoms with E-state index in [4.69, 9.17) is 9.47 Å². The zero-order chi connectivity index (χ0) is 22.8. The SMILES string of the molecule is COc1ccc(OCCCC(=O)Nc2ccccc2C(=O)N[C@H](C)c2ccccc2)cc1. The normalized spacial score (nSPS) is 11.3. The molecule has 0 aliphatic rings. The predicted octanol–water partition coefficient (Wildman–Crippen LogP) is 4.98. The molecule has 0 aliphatic carbocycles. The zero-order valence-corrected chi connectivity index (χ0v) is 18.3. The van der Waals surface area contributed by atoms with Gasteiger partial charge in [0.25, 0.3) is 5.91 Å². The summed E-state index contributed by atoms with van der Waals surface area (Å²) in [5.41, 5.74) is 1.93. The number of methoxy groups -OCH3 is 1. The fourth-order valence-corrected chi connectivity index (χ4v) is 3.20. The summed E-state index contributed by atoms with van der Waals surface area (Å²) in [6.45, 7) is 2.34. The molecule has 1 atom stereocenters. The van der Waals surface area contributed by atoms with Crippen molar-refractivity contribution in [3.63, 3.8) is 0 Å². The van der Waals surface area contributed by atoms with Crippen molar-refractivity contribution in [3.05, 3.63) is 90.0 Å². The molecule has 0 spiro atoms. The van der Waals surface area contributed by atoms with E-state index < -0.39 is 0 Å². The third-order valence-electron chi connectivity index (χ3n) is 4.97. The minimum absolute atomic E-state index is 0.150. The van der Waals surface area contributed by atoms with E-state index in [1.54, 1.807) is 31.4 Å². The first-order valence-electron chi connectivity index (χ1n) is 10.6. The molecule has 0 saturated heterocycles. The number of carbonyl (C=O) groups excluding carboxylic acids is 2. The standard InChI is InChI=1S/C26H28N2O4/c1-19(20-9-4-3-5-10-20)27-26(30)23-11-6-7-12-24(23)28-25(29)13-8-18-32-22-16-14-21(31-2)15-17-22/h3-7,9-12,14-17,19H,8,13,18H2,1-2H3,(H,27,30)(H,28,29)/t19-/m1/s1. The van der Waals surface area contributed by atoms with Gasteiger partial charge in [-0.15, -0.1) is 0 Å². The Kier molecular flexibility index (Phi) is 8.26. The van der Waals surface area contributed by atoms with Gasteiger partial charge in [-0.2, -0.15) is 0 Å². The van der Waals surface area contributed by atoms with Crippen molar-refractivity contribution >= 4 is 17.5 Å². The topological polar surface area (TPSA) is 76.7 Å². The van der Waals surface area contributed by atoms with E-state index in [2.05, 4.69) is 10.6 Å². The molecule has 0 aromatic heterocycles. The molecule has 0 saturated carbocycles. The summed E-state index contributed by atoms with van der Waals surface area (Å²) in [5, 5.41) is 5.83. The van der Waals surface area contributed by atoms with E-state index in [1.807, 2.05) is 61.5 Å². The molecule has 0 fully saturated rings. The first-order chi connectivity index (χ1) is 15.6. The van der Waals surface area contributed by atoms with Crippen LogP contribution in [0.4, 0.5) is 5.69 Å². The number of rotatable bonds is 10. The van der Waals surface area contributed by atoms with Crippen LogP contribution in [-0.2, 0) is 4.79 Å². The molecule has 6 nitrogen and oxygen atoms in total. The summed E-state index contributed by atoms with van der Waals surface area (Å²) in [6.07, 6.45) is 0.837. The second kappa shape index (κ2) is 11.6. The van der Waals surface area contributed by atoms with E-state index in [0.29, 0.717) is 24.3 Å². The summed E-state index contributed by atoms with van der Waals surface area (Å²) < 4.78 is 10.8. The van der Waals surface area contributed by atoms with Gasteiger partial charge in [-0.25, -0.2) is 0 Å². The van der Waals surface area contributed by atoms with Crippen LogP contribution >= 0.6 is 0 Å². The molecule has 0 heterocycles. The maximum absolute atomic E-state index is 12.8. The van der Waals surface area contributed by atoms with Crippen LogP contribution in [0.1, 0.15) is 41.7 Å². The van der Waals surface area contributed by atoms with E-state index >= 15 is 0 Å². The molecule has 166 valence electrons. The van der Waals surface area contributed by atoms with Crippen molar-refractivity contribution in [1.29, 1.82) is 0 Å². The van der Waals surface area contributed by atoms with Gasteiger partial charge in [-0.1, -0.05) is 42.5 Å². The lowest BCUT2D eigenvalue weighted by Gasteiger charge is -2.16. The molecule has 6 heteroatoms. The number of benzene rings is 3. The van der Waals surface area contributed by atoms with E-state index in [-0.39, 0.29) is 24.3 Å². The molecule has 32 heavy (non-hydrogen) atoms. The van der Waals surface area contributed by atoms with E-state index in [0.717, 1.165) is 17.1 Å². The van der Waals surface area contributed by atoms with Gasteiger partial charge in [-0.05, 0) is 55.3 Å². The van der Waals surface area contributed by atoms with Crippen LogP contribution < -0.4 is 20.1 Å². The number of hydrogen-bond donors (Lipinski definition) is 2. The maximum atomic E-state index is 12.8. The lowest BCUT2D eigenvalue weighted by molar-refractivity contribution is -0.116. The van der Waals surface area contributed by atoms with Gasteiger partial charge in [-0.3, -0.25) is 9.59 Å². The molecule has 0 aliphatic heterocycles. The highest BCUT2D eigenvalue weighted by atomic mass is 16.5. The van der Waals surface area contributed by atoms with Crippen molar-refractivity contribution in [1.82, 2.24) is 5.32 Å². The number of hydrogen-bond acceptors (Lipinski definition) is 4. The second-order valence-corrected chi connectivity index (χ2v) is 7.33. The molecule has 0 radical (unpaired) electrons. The largest absolute Gasteiger partial charge is 0.497 e. The number of anilines is 1. The maximum Gasteiger partial charge on any atom is 0.253 e. The Balaban J connectivity index is 1.50. The molecular weight excluding hydrogens is 404 g/mol. The molecule has 0 bridgehead atoms. The van der Waals surface area contributed by atoms with Gasteiger partial charge in [0.1, 0.15) is 11.5 Å². The fourth-order valence-electron chi connectivity index (χ4n) is 3.20. The minimum atomic E-state index is -0.236. The average molecular weight is 433 g/mol. The number of carbonyl (C=O) groups is 2. The quantitative estimate of drug-likeness (QED) is 0.443. The van der Waals surface area contributed by atoms with Gasteiger partial charge >= 0.3 is 0 Å². The summed E-state index contributed by atoms with van der Waals surface area (Å²) in [6, 6.07) is 23.9. The van der Waals surface area contributed by atoms with Crippen molar-refractivity contribution < 1.29 is 19.1 Å². The zero-order valence-electron chi connectivity index (χ0n) is 18.3. The molecule has 3 aromatic rings. The molecule has 3 rings (SSSR count). The third-order valence-corrected chi connectivity index (χ3v) is 4.97. The van der Waals surface area contributed by atoms with Crippen LogP contribution in [0, 0.1) is 0 Å². The second-order valence-electron chi connectivity index (χ2n) is 7.33. The highest BCUT2D eigenvalue weighted by molar-refractivity contribution is 6.03. The lowest BCUT2D eigenvalue weighted by atomic mass is 10.1. The van der Waals surface area contributed by atoms with Crippen LogP contribution in [-0.4, -0.2) is 25.5 Å². The van der Waals surface area contributed by atoms with Crippen LogP contribution in [0.2, 0.25) is 0 Å². The fraction of sp³-hybridized carbons (Fsp3) is 0.231.